The van der Waals surface area contributed by atoms with E-state index >= 15 is 0 Å². The van der Waals surface area contributed by atoms with Crippen molar-refractivity contribution < 1.29 is 14.3 Å². The Labute approximate surface area is 158 Å². The normalized spacial score (nSPS) is 10.2. The highest BCUT2D eigenvalue weighted by atomic mass is 35.5. The minimum atomic E-state index is -0.522. The fourth-order valence-corrected chi connectivity index (χ4v) is 2.40. The predicted molar refractivity (Wildman–Crippen MR) is 103 cm³/mol. The van der Waals surface area contributed by atoms with Crippen LogP contribution in [0.15, 0.2) is 48.5 Å². The van der Waals surface area contributed by atoms with Crippen LogP contribution in [0.5, 0.6) is 0 Å². The summed E-state index contributed by atoms with van der Waals surface area (Å²) in [5.41, 5.74) is 2.06. The van der Waals surface area contributed by atoms with Crippen molar-refractivity contribution in [1.82, 2.24) is 5.32 Å². The van der Waals surface area contributed by atoms with Crippen molar-refractivity contribution in [3.05, 3.63) is 64.7 Å². The zero-order chi connectivity index (χ0) is 18.8. The number of ether oxygens (including phenoxy) is 1. The predicted octanol–water partition coefficient (Wildman–Crippen LogP) is 4.03. The molecule has 26 heavy (non-hydrogen) atoms. The van der Waals surface area contributed by atoms with Crippen molar-refractivity contribution in [2.24, 2.45) is 0 Å². The lowest BCUT2D eigenvalue weighted by molar-refractivity contribution is -0.124. The van der Waals surface area contributed by atoms with Crippen LogP contribution >= 0.6 is 11.6 Å². The highest BCUT2D eigenvalue weighted by molar-refractivity contribution is 6.30. The number of hydrogen-bond acceptors (Lipinski definition) is 4. The minimum absolute atomic E-state index is 0.324. The number of nitrogens with one attached hydrogen (secondary N) is 2. The van der Waals surface area contributed by atoms with Gasteiger partial charge in [-0.25, -0.2) is 4.79 Å². The number of amides is 1. The molecular weight excluding hydrogens is 352 g/mol. The van der Waals surface area contributed by atoms with Gasteiger partial charge < -0.3 is 15.4 Å². The van der Waals surface area contributed by atoms with E-state index in [1.165, 1.54) is 0 Å². The number of anilines is 1. The molecule has 0 aliphatic carbocycles. The molecule has 5 nitrogen and oxygen atoms in total. The molecule has 0 saturated carbocycles. The lowest BCUT2D eigenvalue weighted by Crippen LogP contribution is -2.28. The number of carbonyl (C=O) groups is 2. The van der Waals surface area contributed by atoms with Crippen LogP contribution in [0.1, 0.15) is 35.7 Å². The number of benzene rings is 2. The lowest BCUT2D eigenvalue weighted by atomic mass is 10.1. The van der Waals surface area contributed by atoms with Crippen molar-refractivity contribution >= 4 is 29.2 Å². The van der Waals surface area contributed by atoms with Crippen molar-refractivity contribution in [3.63, 3.8) is 0 Å². The molecule has 0 unspecified atom stereocenters. The number of para-hydroxylation sites is 1. The standard InChI is InChI=1S/C20H23ClN2O3/c1-2-3-12-22-18-7-5-4-6-17(18)20(25)26-14-19(24)23-13-15-8-10-16(21)11-9-15/h4-11,22H,2-3,12-14H2,1H3,(H,23,24). The Morgan fingerprint density at radius 1 is 1.08 bits per heavy atom. The van der Waals surface area contributed by atoms with Gasteiger partial charge in [0.1, 0.15) is 0 Å². The molecule has 2 rings (SSSR count). The molecule has 1 amide bonds. The molecule has 2 aromatic carbocycles. The van der Waals surface area contributed by atoms with E-state index < -0.39 is 5.97 Å². The van der Waals surface area contributed by atoms with E-state index in [1.807, 2.05) is 24.3 Å². The second-order valence-corrected chi connectivity index (χ2v) is 6.24. The van der Waals surface area contributed by atoms with Crippen LogP contribution in [0.25, 0.3) is 0 Å². The first-order valence-electron chi connectivity index (χ1n) is 8.61. The molecule has 0 aliphatic rings. The van der Waals surface area contributed by atoms with Crippen molar-refractivity contribution in [2.45, 2.75) is 26.3 Å². The quantitative estimate of drug-likeness (QED) is 0.513. The van der Waals surface area contributed by atoms with Crippen LogP contribution in [-0.4, -0.2) is 25.0 Å². The van der Waals surface area contributed by atoms with E-state index in [9.17, 15) is 9.59 Å². The minimum Gasteiger partial charge on any atom is -0.452 e. The molecule has 0 heterocycles. The zero-order valence-electron chi connectivity index (χ0n) is 14.8. The Hall–Kier alpha value is -2.53. The second kappa shape index (κ2) is 10.5. The summed E-state index contributed by atoms with van der Waals surface area (Å²) in [5, 5.41) is 6.57. The van der Waals surface area contributed by atoms with Gasteiger partial charge in [-0.3, -0.25) is 4.79 Å². The Morgan fingerprint density at radius 3 is 2.54 bits per heavy atom. The van der Waals surface area contributed by atoms with Gasteiger partial charge in [-0.1, -0.05) is 49.2 Å². The summed E-state index contributed by atoms with van der Waals surface area (Å²) >= 11 is 5.82. The van der Waals surface area contributed by atoms with E-state index in [4.69, 9.17) is 16.3 Å². The second-order valence-electron chi connectivity index (χ2n) is 5.81. The van der Waals surface area contributed by atoms with Gasteiger partial charge >= 0.3 is 5.97 Å². The van der Waals surface area contributed by atoms with Gasteiger partial charge in [-0.2, -0.15) is 0 Å². The van der Waals surface area contributed by atoms with E-state index in [0.717, 1.165) is 24.9 Å². The molecule has 6 heteroatoms. The summed E-state index contributed by atoms with van der Waals surface area (Å²) < 4.78 is 5.13. The van der Waals surface area contributed by atoms with Gasteiger partial charge in [0.15, 0.2) is 6.61 Å². The van der Waals surface area contributed by atoms with Crippen LogP contribution in [-0.2, 0) is 16.1 Å². The number of hydrogen-bond donors (Lipinski definition) is 2. The van der Waals surface area contributed by atoms with E-state index in [2.05, 4.69) is 17.6 Å². The van der Waals surface area contributed by atoms with Crippen LogP contribution < -0.4 is 10.6 Å². The lowest BCUT2D eigenvalue weighted by Gasteiger charge is -2.11. The maximum atomic E-state index is 12.3. The third-order valence-corrected chi connectivity index (χ3v) is 3.98. The van der Waals surface area contributed by atoms with E-state index in [-0.39, 0.29) is 12.5 Å². The van der Waals surface area contributed by atoms with Gasteiger partial charge in [-0.05, 0) is 36.2 Å². The maximum absolute atomic E-state index is 12.3. The van der Waals surface area contributed by atoms with Crippen molar-refractivity contribution in [2.75, 3.05) is 18.5 Å². The smallest absolute Gasteiger partial charge is 0.340 e. The zero-order valence-corrected chi connectivity index (χ0v) is 15.5. The average molecular weight is 375 g/mol. The molecule has 2 N–H and O–H groups in total. The molecule has 0 bridgehead atoms. The molecule has 0 atom stereocenters. The fourth-order valence-electron chi connectivity index (χ4n) is 2.28. The molecule has 0 radical (unpaired) electrons. The summed E-state index contributed by atoms with van der Waals surface area (Å²) in [6, 6.07) is 14.3. The highest BCUT2D eigenvalue weighted by Crippen LogP contribution is 2.16. The summed E-state index contributed by atoms with van der Waals surface area (Å²) in [6.07, 6.45) is 2.07. The van der Waals surface area contributed by atoms with Crippen molar-refractivity contribution in [3.8, 4) is 0 Å². The number of esters is 1. The van der Waals surface area contributed by atoms with Gasteiger partial charge in [0, 0.05) is 23.8 Å². The third kappa shape index (κ3) is 6.41. The van der Waals surface area contributed by atoms with E-state index in [0.29, 0.717) is 22.8 Å². The first-order valence-corrected chi connectivity index (χ1v) is 8.99. The molecule has 138 valence electrons. The Morgan fingerprint density at radius 2 is 1.81 bits per heavy atom. The number of rotatable bonds is 9. The fraction of sp³-hybridized carbons (Fsp3) is 0.300. The Bertz CT molecular complexity index is 732. The molecule has 0 saturated heterocycles. The molecule has 2 aromatic rings. The summed E-state index contributed by atoms with van der Waals surface area (Å²) in [6.45, 7) is 2.91. The van der Waals surface area contributed by atoms with Crippen LogP contribution in [0.3, 0.4) is 0 Å². The Balaban J connectivity index is 1.82. The largest absolute Gasteiger partial charge is 0.452 e. The molecule has 0 fully saturated rings. The Kier molecular flexibility index (Phi) is 7.96. The highest BCUT2D eigenvalue weighted by Gasteiger charge is 2.14. The summed E-state index contributed by atoms with van der Waals surface area (Å²) in [7, 11) is 0. The van der Waals surface area contributed by atoms with E-state index in [1.54, 1.807) is 24.3 Å². The van der Waals surface area contributed by atoms with Crippen molar-refractivity contribution in [1.29, 1.82) is 0 Å². The summed E-state index contributed by atoms with van der Waals surface area (Å²) in [5.74, 6) is -0.879. The van der Waals surface area contributed by atoms with Crippen LogP contribution in [0.2, 0.25) is 5.02 Å². The van der Waals surface area contributed by atoms with Gasteiger partial charge in [0.05, 0.1) is 5.56 Å². The first-order chi connectivity index (χ1) is 12.6. The SMILES string of the molecule is CCCCNc1ccccc1C(=O)OCC(=O)NCc1ccc(Cl)cc1. The average Bonchev–Trinajstić information content (AvgIpc) is 2.66. The summed E-state index contributed by atoms with van der Waals surface area (Å²) in [4.78, 5) is 24.1. The first kappa shape index (κ1) is 19.8. The third-order valence-electron chi connectivity index (χ3n) is 3.73. The van der Waals surface area contributed by atoms with Gasteiger partial charge in [-0.15, -0.1) is 0 Å². The van der Waals surface area contributed by atoms with Crippen LogP contribution in [0.4, 0.5) is 5.69 Å². The molecule has 0 aromatic heterocycles. The monoisotopic (exact) mass is 374 g/mol. The number of carbonyl (C=O) groups excluding carboxylic acids is 2. The molecule has 0 aliphatic heterocycles. The van der Waals surface area contributed by atoms with Crippen LogP contribution in [0, 0.1) is 0 Å². The number of unbranched alkanes of at least 4 members (excludes halogenated alkanes) is 1. The maximum Gasteiger partial charge on any atom is 0.340 e. The molecular formula is C20H23ClN2O3. The number of halogens is 1. The van der Waals surface area contributed by atoms with Gasteiger partial charge in [0.25, 0.3) is 5.91 Å². The van der Waals surface area contributed by atoms with Gasteiger partial charge in [0.2, 0.25) is 0 Å². The topological polar surface area (TPSA) is 67.4 Å². The molecule has 0 spiro atoms.